The molecule has 3 aliphatic rings. The van der Waals surface area contributed by atoms with E-state index in [9.17, 15) is 28.3 Å². The number of aromatic nitrogens is 1. The first-order valence-corrected chi connectivity index (χ1v) is 14.5. The molecular weight excluding hydrogens is 572 g/mol. The lowest BCUT2D eigenvalue weighted by atomic mass is 9.66. The first-order valence-electron chi connectivity index (χ1n) is 14.1. The molecule has 2 fully saturated rings. The summed E-state index contributed by atoms with van der Waals surface area (Å²) in [7, 11) is 0. The summed E-state index contributed by atoms with van der Waals surface area (Å²) in [4.78, 5) is 43.0. The van der Waals surface area contributed by atoms with Gasteiger partial charge in [-0.15, -0.1) is 0 Å². The molecule has 3 unspecified atom stereocenters. The van der Waals surface area contributed by atoms with Gasteiger partial charge in [0.1, 0.15) is 24.2 Å². The van der Waals surface area contributed by atoms with Gasteiger partial charge in [0, 0.05) is 30.1 Å². The molecule has 2 aromatic carbocycles. The van der Waals surface area contributed by atoms with Crippen LogP contribution in [-0.2, 0) is 27.4 Å². The van der Waals surface area contributed by atoms with Gasteiger partial charge in [-0.3, -0.25) is 14.4 Å². The molecule has 9 nitrogen and oxygen atoms in total. The highest BCUT2D eigenvalue weighted by molar-refractivity contribution is 6.31. The van der Waals surface area contributed by atoms with Crippen LogP contribution in [0, 0.1) is 23.0 Å². The van der Waals surface area contributed by atoms with E-state index in [0.29, 0.717) is 55.0 Å². The first kappa shape index (κ1) is 28.4. The summed E-state index contributed by atoms with van der Waals surface area (Å²) in [6.45, 7) is 2.14. The number of carboxylic acid groups (broad SMARTS) is 1. The molecule has 1 N–H and O–H groups in total. The maximum absolute atomic E-state index is 14.3. The van der Waals surface area contributed by atoms with Crippen LogP contribution in [0.3, 0.4) is 0 Å². The molecule has 2 aliphatic heterocycles. The van der Waals surface area contributed by atoms with Gasteiger partial charge in [0.15, 0.2) is 5.82 Å². The smallest absolute Gasteiger partial charge is 0.310 e. The number of rotatable bonds is 6. The van der Waals surface area contributed by atoms with Crippen molar-refractivity contribution in [1.29, 1.82) is 0 Å². The average Bonchev–Trinajstić information content (AvgIpc) is 3.60. The molecule has 3 heterocycles. The van der Waals surface area contributed by atoms with Crippen molar-refractivity contribution in [1.82, 2.24) is 15.0 Å². The van der Waals surface area contributed by atoms with Crippen molar-refractivity contribution in [2.75, 3.05) is 13.1 Å². The number of likely N-dealkylation sites (tertiary alicyclic amines) is 1. The summed E-state index contributed by atoms with van der Waals surface area (Å²) >= 11 is 6.65. The SMILES string of the molecule is CC1(C(=O)O)CCCCC1C(=O)N1CCc2c(Cl)ccc(OCc3noc4c(F)c(F)ccc34)c2C1N1CCCC1=O. The second-order valence-electron chi connectivity index (χ2n) is 11.5. The third kappa shape index (κ3) is 4.58. The second-order valence-corrected chi connectivity index (χ2v) is 11.9. The van der Waals surface area contributed by atoms with Crippen molar-refractivity contribution in [3.8, 4) is 5.75 Å². The zero-order chi connectivity index (χ0) is 29.8. The number of carboxylic acids is 1. The van der Waals surface area contributed by atoms with Crippen molar-refractivity contribution in [2.24, 2.45) is 11.3 Å². The van der Waals surface area contributed by atoms with E-state index in [0.717, 1.165) is 24.5 Å². The number of hydrogen-bond acceptors (Lipinski definition) is 6. The Labute approximate surface area is 245 Å². The lowest BCUT2D eigenvalue weighted by Gasteiger charge is -2.46. The minimum Gasteiger partial charge on any atom is -0.487 e. The number of carbonyl (C=O) groups is 3. The molecule has 3 atom stereocenters. The number of aliphatic carboxylic acids is 1. The number of benzene rings is 2. The third-order valence-electron chi connectivity index (χ3n) is 9.07. The molecule has 1 aromatic heterocycles. The van der Waals surface area contributed by atoms with Gasteiger partial charge in [0.2, 0.25) is 23.2 Å². The van der Waals surface area contributed by atoms with Gasteiger partial charge in [0.05, 0.1) is 16.7 Å². The largest absolute Gasteiger partial charge is 0.487 e. The van der Waals surface area contributed by atoms with Crippen molar-refractivity contribution < 1.29 is 37.5 Å². The standard InChI is InChI=1S/C30H30ClF2N3O6/c1-30(29(39)40)12-3-2-5-18(30)28(38)36-14-11-16-19(31)8-10-22(24(16)27(36)35-13-4-6-23(35)37)41-15-21-17-7-9-20(32)25(33)26(17)42-34-21/h7-10,18,27H,2-6,11-15H2,1H3,(H,39,40). The summed E-state index contributed by atoms with van der Waals surface area (Å²) < 4.78 is 39.1. The molecule has 3 aromatic rings. The van der Waals surface area contributed by atoms with Gasteiger partial charge >= 0.3 is 5.97 Å². The van der Waals surface area contributed by atoms with Crippen molar-refractivity contribution in [3.05, 3.63) is 57.7 Å². The molecule has 0 radical (unpaired) electrons. The highest BCUT2D eigenvalue weighted by Gasteiger charge is 2.51. The molecule has 222 valence electrons. The van der Waals surface area contributed by atoms with Crippen LogP contribution in [-0.4, -0.2) is 50.9 Å². The van der Waals surface area contributed by atoms with Gasteiger partial charge in [-0.25, -0.2) is 4.39 Å². The molecule has 1 aliphatic carbocycles. The minimum absolute atomic E-state index is 0.124. The summed E-state index contributed by atoms with van der Waals surface area (Å²) in [5.74, 6) is -4.03. The Morgan fingerprint density at radius 2 is 1.98 bits per heavy atom. The number of ether oxygens (including phenoxy) is 1. The predicted molar refractivity (Wildman–Crippen MR) is 147 cm³/mol. The highest BCUT2D eigenvalue weighted by atomic mass is 35.5. The molecular formula is C30H30ClF2N3O6. The molecule has 0 bridgehead atoms. The van der Waals surface area contributed by atoms with Crippen LogP contribution < -0.4 is 4.74 Å². The second kappa shape index (κ2) is 10.8. The van der Waals surface area contributed by atoms with E-state index in [1.807, 2.05) is 0 Å². The van der Waals surface area contributed by atoms with E-state index in [2.05, 4.69) is 5.16 Å². The van der Waals surface area contributed by atoms with Crippen LogP contribution >= 0.6 is 11.6 Å². The van der Waals surface area contributed by atoms with Crippen LogP contribution in [0.5, 0.6) is 5.75 Å². The topological polar surface area (TPSA) is 113 Å². The maximum atomic E-state index is 14.3. The Balaban J connectivity index is 1.40. The average molecular weight is 602 g/mol. The first-order chi connectivity index (χ1) is 20.1. The monoisotopic (exact) mass is 601 g/mol. The summed E-state index contributed by atoms with van der Waals surface area (Å²) in [6.07, 6.45) is 2.79. The van der Waals surface area contributed by atoms with Crippen LogP contribution in [0.4, 0.5) is 8.78 Å². The van der Waals surface area contributed by atoms with E-state index < -0.39 is 35.1 Å². The van der Waals surface area contributed by atoms with Crippen LogP contribution in [0.25, 0.3) is 11.0 Å². The fourth-order valence-electron chi connectivity index (χ4n) is 6.71. The lowest BCUT2D eigenvalue weighted by molar-refractivity contribution is -0.165. The minimum atomic E-state index is -1.22. The highest BCUT2D eigenvalue weighted by Crippen LogP contribution is 2.47. The Kier molecular flexibility index (Phi) is 7.32. The molecule has 6 rings (SSSR count). The fourth-order valence-corrected chi connectivity index (χ4v) is 6.97. The Morgan fingerprint density at radius 1 is 1.17 bits per heavy atom. The zero-order valence-electron chi connectivity index (χ0n) is 23.0. The lowest BCUT2D eigenvalue weighted by Crippen LogP contribution is -2.54. The molecule has 42 heavy (non-hydrogen) atoms. The molecule has 1 saturated carbocycles. The van der Waals surface area contributed by atoms with Crippen LogP contribution in [0.15, 0.2) is 28.8 Å². The summed E-state index contributed by atoms with van der Waals surface area (Å²) in [5.41, 5.74) is -0.0190. The van der Waals surface area contributed by atoms with Gasteiger partial charge in [-0.05, 0) is 62.4 Å². The third-order valence-corrected chi connectivity index (χ3v) is 9.43. The molecule has 12 heteroatoms. The van der Waals surface area contributed by atoms with E-state index in [1.54, 1.807) is 28.9 Å². The van der Waals surface area contributed by atoms with E-state index in [-0.39, 0.29) is 41.6 Å². The molecule has 1 saturated heterocycles. The van der Waals surface area contributed by atoms with Crippen LogP contribution in [0.2, 0.25) is 5.02 Å². The van der Waals surface area contributed by atoms with Crippen molar-refractivity contribution in [2.45, 2.75) is 64.6 Å². The van der Waals surface area contributed by atoms with Gasteiger partial charge in [-0.2, -0.15) is 4.39 Å². The predicted octanol–water partition coefficient (Wildman–Crippen LogP) is 5.63. The number of halogens is 3. The summed E-state index contributed by atoms with van der Waals surface area (Å²) in [5, 5.41) is 14.7. The van der Waals surface area contributed by atoms with Crippen molar-refractivity contribution in [3.63, 3.8) is 0 Å². The number of fused-ring (bicyclic) bond motifs is 2. The zero-order valence-corrected chi connectivity index (χ0v) is 23.8. The number of carbonyl (C=O) groups excluding carboxylic acids is 2. The van der Waals surface area contributed by atoms with Gasteiger partial charge < -0.3 is 24.2 Å². The number of amides is 2. The maximum Gasteiger partial charge on any atom is 0.310 e. The Hall–Kier alpha value is -3.73. The van der Waals surface area contributed by atoms with Gasteiger partial charge in [0.25, 0.3) is 0 Å². The number of hydrogen-bond donors (Lipinski definition) is 1. The quantitative estimate of drug-likeness (QED) is 0.390. The Bertz CT molecular complexity index is 1590. The van der Waals surface area contributed by atoms with E-state index >= 15 is 0 Å². The summed E-state index contributed by atoms with van der Waals surface area (Å²) in [6, 6.07) is 5.66. The van der Waals surface area contributed by atoms with E-state index in [1.165, 1.54) is 6.07 Å². The van der Waals surface area contributed by atoms with Gasteiger partial charge in [-0.1, -0.05) is 29.6 Å². The van der Waals surface area contributed by atoms with Crippen molar-refractivity contribution >= 4 is 40.4 Å². The van der Waals surface area contributed by atoms with E-state index in [4.69, 9.17) is 20.9 Å². The normalized spacial score (nSPS) is 24.2. The number of nitrogens with zero attached hydrogens (tertiary/aromatic N) is 3. The van der Waals surface area contributed by atoms with Crippen LogP contribution in [0.1, 0.15) is 68.4 Å². The molecule has 0 spiro atoms. The Morgan fingerprint density at radius 3 is 2.71 bits per heavy atom. The molecule has 2 amide bonds. The fraction of sp³-hybridized carbons (Fsp3) is 0.467.